The molecule has 1 atom stereocenters. The van der Waals surface area contributed by atoms with Crippen LogP contribution in [0.25, 0.3) is 0 Å². The molecule has 9 heavy (non-hydrogen) atoms. The summed E-state index contributed by atoms with van der Waals surface area (Å²) in [4.78, 5) is 0. The third kappa shape index (κ3) is 2.35. The third-order valence-corrected chi connectivity index (χ3v) is 2.28. The highest BCUT2D eigenvalue weighted by atomic mass is 14.8. The first-order chi connectivity index (χ1) is 4.34. The van der Waals surface area contributed by atoms with Gasteiger partial charge in [-0.25, -0.2) is 0 Å². The number of hydrogen-bond donors (Lipinski definition) is 1. The maximum absolute atomic E-state index is 3.18. The van der Waals surface area contributed by atoms with E-state index in [1.54, 1.807) is 0 Å². The highest BCUT2D eigenvalue weighted by molar-refractivity contribution is 4.78. The number of nitrogens with one attached hydrogen (secondary N) is 1. The predicted molar refractivity (Wildman–Crippen MR) is 40.4 cm³/mol. The average Bonchev–Trinajstić information content (AvgIpc) is 2.63. The van der Waals surface area contributed by atoms with Crippen LogP contribution in [0, 0.1) is 11.8 Å². The second-order valence-electron chi connectivity index (χ2n) is 3.21. The molecule has 0 aromatic carbocycles. The van der Waals surface area contributed by atoms with Gasteiger partial charge >= 0.3 is 0 Å². The summed E-state index contributed by atoms with van der Waals surface area (Å²) in [6.45, 7) is 3.56. The van der Waals surface area contributed by atoms with Crippen molar-refractivity contribution in [2.75, 3.05) is 13.6 Å². The Morgan fingerprint density at radius 2 is 2.22 bits per heavy atom. The topological polar surface area (TPSA) is 12.0 Å². The molecular formula is C8H17N. The molecule has 1 unspecified atom stereocenters. The van der Waals surface area contributed by atoms with E-state index in [1.165, 1.54) is 25.8 Å². The van der Waals surface area contributed by atoms with Gasteiger partial charge in [0.1, 0.15) is 0 Å². The monoisotopic (exact) mass is 127 g/mol. The number of hydrogen-bond acceptors (Lipinski definition) is 1. The van der Waals surface area contributed by atoms with Crippen molar-refractivity contribution in [3.05, 3.63) is 0 Å². The molecule has 0 aromatic rings. The molecule has 0 aliphatic heterocycles. The van der Waals surface area contributed by atoms with Gasteiger partial charge < -0.3 is 5.32 Å². The minimum Gasteiger partial charge on any atom is -0.320 e. The van der Waals surface area contributed by atoms with Crippen LogP contribution in [0.3, 0.4) is 0 Å². The van der Waals surface area contributed by atoms with Crippen LogP contribution in [0.2, 0.25) is 0 Å². The lowest BCUT2D eigenvalue weighted by atomic mass is 10.0. The van der Waals surface area contributed by atoms with Gasteiger partial charge in [0.15, 0.2) is 0 Å². The van der Waals surface area contributed by atoms with E-state index in [0.29, 0.717) is 0 Å². The molecule has 0 heterocycles. The molecule has 1 nitrogen and oxygen atoms in total. The predicted octanol–water partition coefficient (Wildman–Crippen LogP) is 1.64. The van der Waals surface area contributed by atoms with Gasteiger partial charge in [-0.1, -0.05) is 6.92 Å². The van der Waals surface area contributed by atoms with Gasteiger partial charge in [-0.3, -0.25) is 0 Å². The summed E-state index contributed by atoms with van der Waals surface area (Å²) in [5.74, 6) is 2.05. The van der Waals surface area contributed by atoms with Crippen LogP contribution in [-0.4, -0.2) is 13.6 Å². The molecule has 0 aromatic heterocycles. The van der Waals surface area contributed by atoms with Crippen molar-refractivity contribution in [1.82, 2.24) is 5.32 Å². The van der Waals surface area contributed by atoms with Crippen molar-refractivity contribution in [1.29, 1.82) is 0 Å². The first-order valence-corrected chi connectivity index (χ1v) is 3.99. The summed E-state index contributed by atoms with van der Waals surface area (Å²) in [6, 6.07) is 0. The maximum atomic E-state index is 3.18. The molecule has 54 valence electrons. The molecule has 1 rings (SSSR count). The maximum Gasteiger partial charge on any atom is -0.00493 e. The quantitative estimate of drug-likeness (QED) is 0.605. The van der Waals surface area contributed by atoms with Crippen LogP contribution in [0.4, 0.5) is 0 Å². The smallest absolute Gasteiger partial charge is 0.00493 e. The van der Waals surface area contributed by atoms with E-state index in [4.69, 9.17) is 0 Å². The SMILES string of the molecule is CNCCC(C)C1CC1. The zero-order valence-electron chi connectivity index (χ0n) is 6.48. The lowest BCUT2D eigenvalue weighted by molar-refractivity contribution is 0.461. The standard InChI is InChI=1S/C8H17N/c1-7(5-6-9-2)8-3-4-8/h7-9H,3-6H2,1-2H3. The normalized spacial score (nSPS) is 22.0. The van der Waals surface area contributed by atoms with Crippen LogP contribution >= 0.6 is 0 Å². The Morgan fingerprint density at radius 1 is 1.56 bits per heavy atom. The Bertz CT molecular complexity index is 76.6. The fourth-order valence-electron chi connectivity index (χ4n) is 1.27. The molecule has 0 bridgehead atoms. The average molecular weight is 127 g/mol. The minimum absolute atomic E-state index is 0.970. The molecule has 1 aliphatic carbocycles. The van der Waals surface area contributed by atoms with Gasteiger partial charge in [-0.2, -0.15) is 0 Å². The Morgan fingerprint density at radius 3 is 2.67 bits per heavy atom. The second-order valence-corrected chi connectivity index (χ2v) is 3.21. The minimum atomic E-state index is 0.970. The lowest BCUT2D eigenvalue weighted by Gasteiger charge is -2.07. The molecule has 0 saturated heterocycles. The van der Waals surface area contributed by atoms with Gasteiger partial charge in [0.25, 0.3) is 0 Å². The molecule has 0 radical (unpaired) electrons. The molecular weight excluding hydrogens is 110 g/mol. The van der Waals surface area contributed by atoms with Crippen molar-refractivity contribution >= 4 is 0 Å². The van der Waals surface area contributed by atoms with Crippen LogP contribution in [0.15, 0.2) is 0 Å². The van der Waals surface area contributed by atoms with E-state index in [1.807, 2.05) is 7.05 Å². The fraction of sp³-hybridized carbons (Fsp3) is 1.00. The van der Waals surface area contributed by atoms with Crippen LogP contribution in [0.1, 0.15) is 26.2 Å². The van der Waals surface area contributed by atoms with Crippen LogP contribution < -0.4 is 5.32 Å². The molecule has 0 amide bonds. The van der Waals surface area contributed by atoms with Crippen molar-refractivity contribution in [3.8, 4) is 0 Å². The summed E-state index contributed by atoms with van der Waals surface area (Å²) in [5, 5.41) is 3.18. The Balaban J connectivity index is 1.96. The summed E-state index contributed by atoms with van der Waals surface area (Å²) < 4.78 is 0. The van der Waals surface area contributed by atoms with E-state index in [-0.39, 0.29) is 0 Å². The highest BCUT2D eigenvalue weighted by Crippen LogP contribution is 2.37. The fourth-order valence-corrected chi connectivity index (χ4v) is 1.27. The Hall–Kier alpha value is -0.0400. The van der Waals surface area contributed by atoms with Crippen molar-refractivity contribution in [3.63, 3.8) is 0 Å². The third-order valence-electron chi connectivity index (χ3n) is 2.28. The van der Waals surface area contributed by atoms with E-state index >= 15 is 0 Å². The van der Waals surface area contributed by atoms with Crippen molar-refractivity contribution in [2.24, 2.45) is 11.8 Å². The first kappa shape index (κ1) is 7.07. The highest BCUT2D eigenvalue weighted by Gasteiger charge is 2.26. The van der Waals surface area contributed by atoms with E-state index in [0.717, 1.165) is 11.8 Å². The summed E-state index contributed by atoms with van der Waals surface area (Å²) in [5.41, 5.74) is 0. The van der Waals surface area contributed by atoms with E-state index < -0.39 is 0 Å². The second kappa shape index (κ2) is 3.21. The molecule has 1 fully saturated rings. The van der Waals surface area contributed by atoms with Gasteiger partial charge in [0.05, 0.1) is 0 Å². The molecule has 1 heteroatoms. The molecule has 1 saturated carbocycles. The van der Waals surface area contributed by atoms with Gasteiger partial charge in [-0.15, -0.1) is 0 Å². The van der Waals surface area contributed by atoms with E-state index in [2.05, 4.69) is 12.2 Å². The zero-order valence-corrected chi connectivity index (χ0v) is 6.48. The van der Waals surface area contributed by atoms with Crippen LogP contribution in [-0.2, 0) is 0 Å². The largest absolute Gasteiger partial charge is 0.320 e. The molecule has 1 aliphatic rings. The molecule has 1 N–H and O–H groups in total. The van der Waals surface area contributed by atoms with Crippen LogP contribution in [0.5, 0.6) is 0 Å². The first-order valence-electron chi connectivity index (χ1n) is 3.99. The van der Waals surface area contributed by atoms with Crippen molar-refractivity contribution < 1.29 is 0 Å². The zero-order chi connectivity index (χ0) is 6.69. The van der Waals surface area contributed by atoms with Gasteiger partial charge in [0.2, 0.25) is 0 Å². The van der Waals surface area contributed by atoms with Crippen molar-refractivity contribution in [2.45, 2.75) is 26.2 Å². The number of rotatable bonds is 4. The Labute approximate surface area is 57.8 Å². The summed E-state index contributed by atoms with van der Waals surface area (Å²) >= 11 is 0. The van der Waals surface area contributed by atoms with Gasteiger partial charge in [0, 0.05) is 0 Å². The molecule has 0 spiro atoms. The summed E-state index contributed by atoms with van der Waals surface area (Å²) in [6.07, 6.45) is 4.34. The summed E-state index contributed by atoms with van der Waals surface area (Å²) in [7, 11) is 2.03. The Kier molecular flexibility index (Phi) is 2.52. The van der Waals surface area contributed by atoms with E-state index in [9.17, 15) is 0 Å². The van der Waals surface area contributed by atoms with Gasteiger partial charge in [-0.05, 0) is 44.7 Å². The lowest BCUT2D eigenvalue weighted by Crippen LogP contribution is -2.12.